The Bertz CT molecular complexity index is 1120. The van der Waals surface area contributed by atoms with Crippen molar-refractivity contribution in [3.8, 4) is 0 Å². The third-order valence-corrected chi connectivity index (χ3v) is 6.30. The minimum Gasteiger partial charge on any atom is -0.451 e. The Labute approximate surface area is 195 Å². The van der Waals surface area contributed by atoms with Crippen LogP contribution in [0.1, 0.15) is 20.8 Å². The van der Waals surface area contributed by atoms with E-state index < -0.39 is 34.0 Å². The number of halogens is 2. The number of ether oxygens (including phenoxy) is 1. The fourth-order valence-corrected chi connectivity index (χ4v) is 3.99. The van der Waals surface area contributed by atoms with Gasteiger partial charge in [-0.25, -0.2) is 8.42 Å². The van der Waals surface area contributed by atoms with Gasteiger partial charge in [-0.3, -0.25) is 14.4 Å². The minimum atomic E-state index is -4.09. The Balaban J connectivity index is 1.94. The summed E-state index contributed by atoms with van der Waals surface area (Å²) < 4.78 is 32.1. The molecule has 2 aromatic rings. The maximum atomic E-state index is 12.4. The predicted molar refractivity (Wildman–Crippen MR) is 121 cm³/mol. The third-order valence-electron chi connectivity index (χ3n) is 4.02. The molecular formula is C20H21Cl2N3O6S. The highest BCUT2D eigenvalue weighted by Crippen LogP contribution is 2.25. The molecule has 0 fully saturated rings. The number of nitrogens with one attached hydrogen (secondary N) is 3. The van der Waals surface area contributed by atoms with Crippen LogP contribution in [0.5, 0.6) is 0 Å². The second kappa shape index (κ2) is 10.8. The molecule has 172 valence electrons. The van der Waals surface area contributed by atoms with Crippen LogP contribution in [0.3, 0.4) is 0 Å². The summed E-state index contributed by atoms with van der Waals surface area (Å²) in [4.78, 5) is 35.4. The van der Waals surface area contributed by atoms with Crippen molar-refractivity contribution in [2.75, 3.05) is 10.6 Å². The first-order valence-corrected chi connectivity index (χ1v) is 11.5. The number of esters is 1. The number of carbonyl (C=O) groups excluding carboxylic acids is 3. The fourth-order valence-electron chi connectivity index (χ4n) is 2.41. The lowest BCUT2D eigenvalue weighted by Crippen LogP contribution is -2.42. The van der Waals surface area contributed by atoms with E-state index in [1.807, 2.05) is 0 Å². The second-order valence-corrected chi connectivity index (χ2v) is 9.27. The Hall–Kier alpha value is -2.66. The normalized spacial score (nSPS) is 13.0. The van der Waals surface area contributed by atoms with Crippen LogP contribution in [0.15, 0.2) is 47.4 Å². The van der Waals surface area contributed by atoms with Gasteiger partial charge in [0.15, 0.2) is 6.10 Å². The van der Waals surface area contributed by atoms with Gasteiger partial charge >= 0.3 is 5.97 Å². The highest BCUT2D eigenvalue weighted by molar-refractivity contribution is 7.89. The molecule has 0 radical (unpaired) electrons. The number of carbonyl (C=O) groups is 3. The predicted octanol–water partition coefficient (Wildman–Crippen LogP) is 3.19. The molecule has 2 atom stereocenters. The number of hydrogen-bond donors (Lipinski definition) is 3. The van der Waals surface area contributed by atoms with E-state index in [1.165, 1.54) is 32.9 Å². The first-order valence-electron chi connectivity index (χ1n) is 9.25. The van der Waals surface area contributed by atoms with Gasteiger partial charge in [-0.2, -0.15) is 4.72 Å². The van der Waals surface area contributed by atoms with E-state index in [1.54, 1.807) is 24.3 Å². The van der Waals surface area contributed by atoms with E-state index in [2.05, 4.69) is 15.4 Å². The van der Waals surface area contributed by atoms with E-state index >= 15 is 0 Å². The van der Waals surface area contributed by atoms with Crippen molar-refractivity contribution in [1.82, 2.24) is 4.72 Å². The molecule has 0 heterocycles. The molecule has 2 amide bonds. The van der Waals surface area contributed by atoms with Crippen LogP contribution < -0.4 is 15.4 Å². The van der Waals surface area contributed by atoms with Gasteiger partial charge in [0.25, 0.3) is 5.91 Å². The topological polar surface area (TPSA) is 131 Å². The third kappa shape index (κ3) is 7.20. The Morgan fingerprint density at radius 2 is 1.47 bits per heavy atom. The fraction of sp³-hybridized carbons (Fsp3) is 0.250. The molecule has 2 rings (SSSR count). The lowest BCUT2D eigenvalue weighted by atomic mass is 10.2. The van der Waals surface area contributed by atoms with E-state index in [9.17, 15) is 22.8 Å². The molecule has 0 bridgehead atoms. The largest absolute Gasteiger partial charge is 0.451 e. The SMILES string of the molecule is CC(=O)Nc1ccc(NC(=O)C(C)OC(=O)[C@H](C)NS(=O)(=O)c2ccc(Cl)c(Cl)c2)cc1. The van der Waals surface area contributed by atoms with E-state index in [-0.39, 0.29) is 20.8 Å². The van der Waals surface area contributed by atoms with Gasteiger partial charge in [0.2, 0.25) is 15.9 Å². The van der Waals surface area contributed by atoms with Crippen molar-refractivity contribution in [2.24, 2.45) is 0 Å². The lowest BCUT2D eigenvalue weighted by molar-refractivity contribution is -0.154. The average Bonchev–Trinajstić information content (AvgIpc) is 2.70. The van der Waals surface area contributed by atoms with E-state index in [4.69, 9.17) is 27.9 Å². The molecule has 0 aliphatic carbocycles. The number of anilines is 2. The molecule has 12 heteroatoms. The average molecular weight is 502 g/mol. The van der Waals surface area contributed by atoms with Gasteiger partial charge in [0.1, 0.15) is 6.04 Å². The van der Waals surface area contributed by atoms with Gasteiger partial charge < -0.3 is 15.4 Å². The highest BCUT2D eigenvalue weighted by Gasteiger charge is 2.26. The molecule has 0 aromatic heterocycles. The van der Waals surface area contributed by atoms with E-state index in [0.717, 1.165) is 6.07 Å². The quantitative estimate of drug-likeness (QED) is 0.476. The van der Waals surface area contributed by atoms with Crippen molar-refractivity contribution < 1.29 is 27.5 Å². The molecule has 3 N–H and O–H groups in total. The highest BCUT2D eigenvalue weighted by atomic mass is 35.5. The summed E-state index contributed by atoms with van der Waals surface area (Å²) in [5.41, 5.74) is 0.971. The van der Waals surface area contributed by atoms with Gasteiger partial charge in [0.05, 0.1) is 14.9 Å². The molecule has 0 aliphatic rings. The molecule has 0 aliphatic heterocycles. The first kappa shape index (κ1) is 25.6. The van der Waals surface area contributed by atoms with Gasteiger partial charge in [-0.15, -0.1) is 0 Å². The van der Waals surface area contributed by atoms with Crippen LogP contribution in [0.25, 0.3) is 0 Å². The minimum absolute atomic E-state index is 0.0418. The molecule has 0 saturated heterocycles. The van der Waals surface area contributed by atoms with Crippen LogP contribution in [0.4, 0.5) is 11.4 Å². The summed E-state index contributed by atoms with van der Waals surface area (Å²) in [6.45, 7) is 4.00. The van der Waals surface area contributed by atoms with E-state index in [0.29, 0.717) is 11.4 Å². The summed E-state index contributed by atoms with van der Waals surface area (Å²) in [7, 11) is -4.09. The van der Waals surface area contributed by atoms with Crippen molar-refractivity contribution in [3.63, 3.8) is 0 Å². The van der Waals surface area contributed by atoms with Crippen molar-refractivity contribution in [2.45, 2.75) is 37.8 Å². The van der Waals surface area contributed by atoms with Crippen LogP contribution in [0.2, 0.25) is 10.0 Å². The zero-order chi connectivity index (χ0) is 24.1. The summed E-state index contributed by atoms with van der Waals surface area (Å²) >= 11 is 11.6. The number of rotatable bonds is 8. The van der Waals surface area contributed by atoms with Crippen molar-refractivity contribution in [3.05, 3.63) is 52.5 Å². The zero-order valence-electron chi connectivity index (χ0n) is 17.3. The maximum Gasteiger partial charge on any atom is 0.324 e. The molecule has 9 nitrogen and oxygen atoms in total. The zero-order valence-corrected chi connectivity index (χ0v) is 19.6. The number of sulfonamides is 1. The standard InChI is InChI=1S/C20H21Cl2N3O6S/c1-11(25-32(29,30)16-8-9-17(21)18(22)10-16)20(28)31-12(2)19(27)24-15-6-4-14(5-7-15)23-13(3)26/h4-12,25H,1-3H3,(H,23,26)(H,24,27)/t11-,12?/m0/s1. The summed E-state index contributed by atoms with van der Waals surface area (Å²) in [6, 6.07) is 8.73. The Morgan fingerprint density at radius 3 is 2.00 bits per heavy atom. The number of amides is 2. The summed E-state index contributed by atoms with van der Waals surface area (Å²) in [5.74, 6) is -1.80. The number of benzene rings is 2. The van der Waals surface area contributed by atoms with Gasteiger partial charge in [-0.05, 0) is 56.3 Å². The number of hydrogen-bond acceptors (Lipinski definition) is 6. The monoisotopic (exact) mass is 501 g/mol. The van der Waals surface area contributed by atoms with Gasteiger partial charge in [0, 0.05) is 18.3 Å². The lowest BCUT2D eigenvalue weighted by Gasteiger charge is -2.18. The summed E-state index contributed by atoms with van der Waals surface area (Å²) in [5, 5.41) is 5.37. The first-order chi connectivity index (χ1) is 14.9. The molecule has 1 unspecified atom stereocenters. The van der Waals surface area contributed by atoms with Crippen LogP contribution in [-0.4, -0.2) is 38.3 Å². The van der Waals surface area contributed by atoms with Gasteiger partial charge in [-0.1, -0.05) is 23.2 Å². The van der Waals surface area contributed by atoms with Crippen molar-refractivity contribution in [1.29, 1.82) is 0 Å². The second-order valence-electron chi connectivity index (χ2n) is 6.75. The summed E-state index contributed by atoms with van der Waals surface area (Å²) in [6.07, 6.45) is -1.20. The molecule has 0 spiro atoms. The smallest absolute Gasteiger partial charge is 0.324 e. The van der Waals surface area contributed by atoms with Crippen LogP contribution in [0, 0.1) is 0 Å². The maximum absolute atomic E-state index is 12.4. The molecule has 32 heavy (non-hydrogen) atoms. The molecule has 0 saturated carbocycles. The Morgan fingerprint density at radius 1 is 0.906 bits per heavy atom. The van der Waals surface area contributed by atoms with Crippen LogP contribution >= 0.6 is 23.2 Å². The van der Waals surface area contributed by atoms with Crippen molar-refractivity contribution >= 4 is 62.4 Å². The Kier molecular flexibility index (Phi) is 8.62. The molecule has 2 aromatic carbocycles. The molecular weight excluding hydrogens is 481 g/mol. The van der Waals surface area contributed by atoms with Crippen LogP contribution in [-0.2, 0) is 29.1 Å².